The highest BCUT2D eigenvalue weighted by Crippen LogP contribution is 2.62. The maximum atomic E-state index is 2.60. The number of hydrogen-bond acceptors (Lipinski definition) is 0. The first-order chi connectivity index (χ1) is 31.5. The van der Waals surface area contributed by atoms with E-state index in [1.807, 2.05) is 0 Å². The van der Waals surface area contributed by atoms with Gasteiger partial charge in [-0.3, -0.25) is 0 Å². The van der Waals surface area contributed by atoms with Gasteiger partial charge >= 0.3 is 0 Å². The monoisotopic (exact) mass is 830 g/mol. The van der Waals surface area contributed by atoms with Gasteiger partial charge in [0.25, 0.3) is 0 Å². The minimum atomic E-state index is -0.204. The summed E-state index contributed by atoms with van der Waals surface area (Å²) in [4.78, 5) is 0. The van der Waals surface area contributed by atoms with Crippen molar-refractivity contribution in [3.8, 4) is 77.9 Å². The minimum Gasteiger partial charge on any atom is -0.0622 e. The Bertz CT molecular complexity index is 3410. The fourth-order valence-electron chi connectivity index (χ4n) is 12.5. The van der Waals surface area contributed by atoms with Crippen LogP contribution in [0.25, 0.3) is 99.4 Å². The van der Waals surface area contributed by atoms with Crippen molar-refractivity contribution in [1.82, 2.24) is 0 Å². The summed E-state index contributed by atoms with van der Waals surface area (Å²) in [6, 6.07) is 73.3. The zero-order valence-electron chi connectivity index (χ0n) is 38.0. The van der Waals surface area contributed by atoms with Crippen molar-refractivity contribution in [3.05, 3.63) is 228 Å². The third-order valence-electron chi connectivity index (χ3n) is 15.9. The van der Waals surface area contributed by atoms with E-state index in [9.17, 15) is 0 Å². The molecule has 10 aromatic carbocycles. The molecular weight excluding hydrogens is 781 g/mol. The van der Waals surface area contributed by atoms with E-state index in [1.165, 1.54) is 133 Å². The summed E-state index contributed by atoms with van der Waals surface area (Å²) < 4.78 is 0. The average molecular weight is 831 g/mol. The fraction of sp³-hybridized carbons (Fsp3) is 0.138. The second kappa shape index (κ2) is 13.4. The molecule has 13 rings (SSSR count). The standard InChI is InChI=1S/C65H50/c1-63(2)55-37-53-57(64(3,4)59-33-49(45-29-17-19-31-47(45)61(53)59)43-27-15-13-25-41(43)39-21-9-7-10-22-39)35-51(55)52-36-58-54(38-56(52)63)62-48-32-20-18-30-46(48)50(34-60(62)65(58,5)6)44-28-16-14-26-42(44)40-23-11-8-12-24-40/h7-38H,1-6H3. The number of rotatable bonds is 4. The van der Waals surface area contributed by atoms with E-state index in [0.717, 1.165) is 0 Å². The summed E-state index contributed by atoms with van der Waals surface area (Å²) in [6.45, 7) is 14.7. The Morgan fingerprint density at radius 2 is 0.492 bits per heavy atom. The van der Waals surface area contributed by atoms with E-state index >= 15 is 0 Å². The molecule has 0 aromatic heterocycles. The minimum absolute atomic E-state index is 0.191. The van der Waals surface area contributed by atoms with Crippen LogP contribution in [0, 0.1) is 0 Å². The first kappa shape index (κ1) is 38.2. The number of fused-ring (bicyclic) bond motifs is 13. The predicted octanol–water partition coefficient (Wildman–Crippen LogP) is 17.6. The molecule has 0 unspecified atom stereocenters. The van der Waals surface area contributed by atoms with E-state index in [-0.39, 0.29) is 16.2 Å². The molecule has 0 atom stereocenters. The van der Waals surface area contributed by atoms with Gasteiger partial charge in [-0.05, 0) is 169 Å². The van der Waals surface area contributed by atoms with Gasteiger partial charge in [-0.1, -0.05) is 199 Å². The van der Waals surface area contributed by atoms with Gasteiger partial charge < -0.3 is 0 Å². The topological polar surface area (TPSA) is 0 Å². The van der Waals surface area contributed by atoms with Gasteiger partial charge in [-0.2, -0.15) is 0 Å². The molecule has 0 saturated heterocycles. The number of benzene rings is 10. The smallest absolute Gasteiger partial charge is 0.0159 e. The molecule has 10 aromatic rings. The Kier molecular flexibility index (Phi) is 7.86. The quantitative estimate of drug-likeness (QED) is 0.166. The molecule has 0 radical (unpaired) electrons. The SMILES string of the molecule is CC1(C)c2cc3c(cc2-c2cc4c(cc21)-c1c(cc(-c2ccccc2-c2ccccc2)c2ccccc12)C4(C)C)C(C)(C)c1cc(-c2ccccc2-c2ccccc2)c2ccccc2c1-3. The Hall–Kier alpha value is -7.28. The average Bonchev–Trinajstić information content (AvgIpc) is 3.81. The van der Waals surface area contributed by atoms with Crippen LogP contribution in [0.5, 0.6) is 0 Å². The highest BCUT2D eigenvalue weighted by Gasteiger charge is 2.45. The van der Waals surface area contributed by atoms with Crippen molar-refractivity contribution in [1.29, 1.82) is 0 Å². The maximum absolute atomic E-state index is 2.60. The lowest BCUT2D eigenvalue weighted by Gasteiger charge is -2.25. The summed E-state index contributed by atoms with van der Waals surface area (Å²) >= 11 is 0. The van der Waals surface area contributed by atoms with Crippen LogP contribution in [0.1, 0.15) is 74.9 Å². The molecule has 0 N–H and O–H groups in total. The summed E-state index contributed by atoms with van der Waals surface area (Å²) in [5.41, 5.74) is 26.4. The van der Waals surface area contributed by atoms with Crippen LogP contribution in [0.2, 0.25) is 0 Å². The molecule has 0 bridgehead atoms. The van der Waals surface area contributed by atoms with Crippen molar-refractivity contribution in [2.75, 3.05) is 0 Å². The summed E-state index contributed by atoms with van der Waals surface area (Å²) in [5.74, 6) is 0. The largest absolute Gasteiger partial charge is 0.0622 e. The van der Waals surface area contributed by atoms with Crippen LogP contribution in [0.4, 0.5) is 0 Å². The highest BCUT2D eigenvalue weighted by atomic mass is 14.5. The van der Waals surface area contributed by atoms with Gasteiger partial charge in [0, 0.05) is 16.2 Å². The molecular formula is C65H50. The zero-order chi connectivity index (χ0) is 44.0. The summed E-state index contributed by atoms with van der Waals surface area (Å²) in [7, 11) is 0. The molecule has 0 fully saturated rings. The van der Waals surface area contributed by atoms with Crippen molar-refractivity contribution in [3.63, 3.8) is 0 Å². The van der Waals surface area contributed by atoms with E-state index in [4.69, 9.17) is 0 Å². The van der Waals surface area contributed by atoms with Crippen LogP contribution in [0.15, 0.2) is 194 Å². The van der Waals surface area contributed by atoms with Gasteiger partial charge in [-0.15, -0.1) is 0 Å². The first-order valence-corrected chi connectivity index (χ1v) is 23.3. The predicted molar refractivity (Wildman–Crippen MR) is 276 cm³/mol. The van der Waals surface area contributed by atoms with E-state index in [1.54, 1.807) is 0 Å². The van der Waals surface area contributed by atoms with E-state index in [2.05, 4.69) is 236 Å². The molecule has 3 aliphatic rings. The second-order valence-electron chi connectivity index (χ2n) is 20.4. The fourth-order valence-corrected chi connectivity index (χ4v) is 12.5. The van der Waals surface area contributed by atoms with Gasteiger partial charge in [-0.25, -0.2) is 0 Å². The Labute approximate surface area is 382 Å². The molecule has 0 spiro atoms. The molecule has 3 aliphatic carbocycles. The van der Waals surface area contributed by atoms with Crippen LogP contribution in [-0.4, -0.2) is 0 Å². The molecule has 65 heavy (non-hydrogen) atoms. The summed E-state index contributed by atoms with van der Waals surface area (Å²) in [5, 5.41) is 5.27. The highest BCUT2D eigenvalue weighted by molar-refractivity contribution is 6.13. The third-order valence-corrected chi connectivity index (χ3v) is 15.9. The lowest BCUT2D eigenvalue weighted by molar-refractivity contribution is 0.649. The first-order valence-electron chi connectivity index (χ1n) is 23.3. The molecule has 0 heterocycles. The normalized spacial score (nSPS) is 15.3. The summed E-state index contributed by atoms with van der Waals surface area (Å²) in [6.07, 6.45) is 0. The Balaban J connectivity index is 0.989. The van der Waals surface area contributed by atoms with Crippen LogP contribution < -0.4 is 0 Å². The van der Waals surface area contributed by atoms with Crippen molar-refractivity contribution in [2.24, 2.45) is 0 Å². The van der Waals surface area contributed by atoms with Gasteiger partial charge in [0.15, 0.2) is 0 Å². The maximum Gasteiger partial charge on any atom is 0.0159 e. The van der Waals surface area contributed by atoms with Crippen LogP contribution in [0.3, 0.4) is 0 Å². The van der Waals surface area contributed by atoms with Crippen LogP contribution >= 0.6 is 0 Å². The molecule has 0 saturated carbocycles. The van der Waals surface area contributed by atoms with E-state index in [0.29, 0.717) is 0 Å². The molecule has 310 valence electrons. The van der Waals surface area contributed by atoms with Gasteiger partial charge in [0.1, 0.15) is 0 Å². The Morgan fingerprint density at radius 1 is 0.215 bits per heavy atom. The number of hydrogen-bond donors (Lipinski definition) is 0. The van der Waals surface area contributed by atoms with Gasteiger partial charge in [0.05, 0.1) is 0 Å². The Morgan fingerprint density at radius 3 is 0.892 bits per heavy atom. The van der Waals surface area contributed by atoms with Crippen LogP contribution in [-0.2, 0) is 16.2 Å². The molecule has 0 amide bonds. The van der Waals surface area contributed by atoms with Crippen molar-refractivity contribution in [2.45, 2.75) is 57.8 Å². The lowest BCUT2D eigenvalue weighted by atomic mass is 9.78. The van der Waals surface area contributed by atoms with Gasteiger partial charge in [0.2, 0.25) is 0 Å². The van der Waals surface area contributed by atoms with Crippen molar-refractivity contribution >= 4 is 21.5 Å². The second-order valence-corrected chi connectivity index (χ2v) is 20.4. The zero-order valence-corrected chi connectivity index (χ0v) is 38.0. The molecule has 0 heteroatoms. The van der Waals surface area contributed by atoms with E-state index < -0.39 is 0 Å². The molecule has 0 nitrogen and oxygen atoms in total. The lowest BCUT2D eigenvalue weighted by Crippen LogP contribution is -2.17. The third kappa shape index (κ3) is 5.20. The van der Waals surface area contributed by atoms with Crippen molar-refractivity contribution < 1.29 is 0 Å². The molecule has 0 aliphatic heterocycles.